The highest BCUT2D eigenvalue weighted by atomic mass is 35.5. The van der Waals surface area contributed by atoms with E-state index >= 15 is 0 Å². The van der Waals surface area contributed by atoms with Gasteiger partial charge in [-0.15, -0.1) is 0 Å². The number of amides is 2. The number of urea groups is 1. The SMILES string of the molecule is CN(c1ccc(NC(=O)N2CC(C)(c3ccccc3)C(c3ccc(C(F)(F)F)c(Cl)c3)=N2)cc1)S(C)(=O)=O. The van der Waals surface area contributed by atoms with Gasteiger partial charge < -0.3 is 5.32 Å². The highest BCUT2D eigenvalue weighted by Crippen LogP contribution is 2.39. The number of carbonyl (C=O) groups is 1. The molecule has 0 saturated heterocycles. The van der Waals surface area contributed by atoms with E-state index in [4.69, 9.17) is 11.6 Å². The Hall–Kier alpha value is -3.57. The van der Waals surface area contributed by atoms with Crippen LogP contribution >= 0.6 is 11.6 Å². The van der Waals surface area contributed by atoms with E-state index in [2.05, 4.69) is 10.4 Å². The topological polar surface area (TPSA) is 82.1 Å². The Morgan fingerprint density at radius 3 is 2.26 bits per heavy atom. The molecule has 0 fully saturated rings. The summed E-state index contributed by atoms with van der Waals surface area (Å²) in [6.07, 6.45) is -3.52. The maximum atomic E-state index is 13.3. The Kier molecular flexibility index (Phi) is 7.19. The minimum atomic E-state index is -4.60. The molecular weight excluding hydrogens is 541 g/mol. The van der Waals surface area contributed by atoms with Crippen LogP contribution in [0.2, 0.25) is 5.02 Å². The number of benzene rings is 3. The molecule has 12 heteroatoms. The number of sulfonamides is 1. The maximum Gasteiger partial charge on any atom is 0.417 e. The number of halogens is 4. The molecule has 1 atom stereocenters. The molecule has 0 saturated carbocycles. The second-order valence-corrected chi connectivity index (χ2v) is 11.5. The van der Waals surface area contributed by atoms with Crippen LogP contribution < -0.4 is 9.62 Å². The van der Waals surface area contributed by atoms with Crippen molar-refractivity contribution >= 4 is 44.7 Å². The number of nitrogens with one attached hydrogen (secondary N) is 1. The summed E-state index contributed by atoms with van der Waals surface area (Å²) < 4.78 is 64.4. The molecule has 38 heavy (non-hydrogen) atoms. The number of carbonyl (C=O) groups excluding carboxylic acids is 1. The molecule has 0 radical (unpaired) electrons. The third-order valence-corrected chi connectivity index (χ3v) is 7.90. The molecule has 1 heterocycles. The van der Waals surface area contributed by atoms with Crippen LogP contribution in [0.4, 0.5) is 29.3 Å². The number of hydrogen-bond acceptors (Lipinski definition) is 4. The van der Waals surface area contributed by atoms with E-state index in [1.54, 1.807) is 24.3 Å². The summed E-state index contributed by atoms with van der Waals surface area (Å²) in [7, 11) is -2.02. The summed E-state index contributed by atoms with van der Waals surface area (Å²) in [6, 6.07) is 18.3. The largest absolute Gasteiger partial charge is 0.417 e. The minimum absolute atomic E-state index is 0.117. The Morgan fingerprint density at radius 1 is 1.08 bits per heavy atom. The Bertz CT molecular complexity index is 1500. The van der Waals surface area contributed by atoms with E-state index < -0.39 is 38.2 Å². The minimum Gasteiger partial charge on any atom is -0.306 e. The monoisotopic (exact) mass is 564 g/mol. The van der Waals surface area contributed by atoms with Crippen molar-refractivity contribution in [3.63, 3.8) is 0 Å². The highest BCUT2D eigenvalue weighted by Gasteiger charge is 2.43. The molecule has 1 N–H and O–H groups in total. The first kappa shape index (κ1) is 27.5. The van der Waals surface area contributed by atoms with Crippen LogP contribution in [0.1, 0.15) is 23.6 Å². The van der Waals surface area contributed by atoms with Gasteiger partial charge in [0, 0.05) is 18.3 Å². The van der Waals surface area contributed by atoms with Gasteiger partial charge in [0.05, 0.1) is 40.2 Å². The van der Waals surface area contributed by atoms with Crippen LogP contribution in [-0.4, -0.2) is 45.0 Å². The summed E-state index contributed by atoms with van der Waals surface area (Å²) in [4.78, 5) is 13.2. The first-order valence-corrected chi connectivity index (χ1v) is 13.6. The van der Waals surface area contributed by atoms with Crippen molar-refractivity contribution in [3.05, 3.63) is 94.5 Å². The first-order valence-electron chi connectivity index (χ1n) is 11.3. The lowest BCUT2D eigenvalue weighted by Gasteiger charge is -2.27. The number of hydrazone groups is 1. The van der Waals surface area contributed by atoms with Gasteiger partial charge >= 0.3 is 12.2 Å². The van der Waals surface area contributed by atoms with E-state index in [0.717, 1.165) is 22.2 Å². The maximum absolute atomic E-state index is 13.3. The fourth-order valence-electron chi connectivity index (χ4n) is 4.19. The Morgan fingerprint density at radius 2 is 1.71 bits per heavy atom. The highest BCUT2D eigenvalue weighted by molar-refractivity contribution is 7.92. The average molecular weight is 565 g/mol. The van der Waals surface area contributed by atoms with Crippen LogP contribution in [0.5, 0.6) is 0 Å². The second-order valence-electron chi connectivity index (χ2n) is 9.10. The van der Waals surface area contributed by atoms with Gasteiger partial charge in [-0.2, -0.15) is 18.3 Å². The molecule has 200 valence electrons. The number of nitrogens with zero attached hydrogens (tertiary/aromatic N) is 3. The van der Waals surface area contributed by atoms with Crippen molar-refractivity contribution in [1.29, 1.82) is 0 Å². The standard InChI is InChI=1S/C26H24ClF3N4O3S/c1-25(18-7-5-4-6-8-18)16-34(32-23(25)17-9-14-21(22(27)15-17)26(28,29)30)24(35)31-19-10-12-20(13-11-19)33(2)38(3,36)37/h4-15H,16H2,1-3H3,(H,31,35). The van der Waals surface area contributed by atoms with Crippen molar-refractivity contribution in [2.75, 3.05) is 29.5 Å². The zero-order valence-corrected chi connectivity index (χ0v) is 22.2. The lowest BCUT2D eigenvalue weighted by atomic mass is 9.76. The van der Waals surface area contributed by atoms with Gasteiger partial charge in [0.2, 0.25) is 10.0 Å². The van der Waals surface area contributed by atoms with Crippen LogP contribution in [0.3, 0.4) is 0 Å². The predicted molar refractivity (Wildman–Crippen MR) is 142 cm³/mol. The van der Waals surface area contributed by atoms with Crippen molar-refractivity contribution in [2.24, 2.45) is 5.10 Å². The predicted octanol–water partition coefficient (Wildman–Crippen LogP) is 5.96. The van der Waals surface area contributed by atoms with Gasteiger partial charge in [-0.25, -0.2) is 18.2 Å². The van der Waals surface area contributed by atoms with E-state index in [1.165, 1.54) is 24.2 Å². The van der Waals surface area contributed by atoms with Crippen LogP contribution in [-0.2, 0) is 21.6 Å². The number of alkyl halides is 3. The first-order chi connectivity index (χ1) is 17.7. The molecule has 1 unspecified atom stereocenters. The van der Waals surface area contributed by atoms with Gasteiger partial charge in [0.15, 0.2) is 0 Å². The zero-order valence-electron chi connectivity index (χ0n) is 20.6. The molecule has 1 aliphatic rings. The van der Waals surface area contributed by atoms with Crippen LogP contribution in [0.25, 0.3) is 0 Å². The number of hydrogen-bond donors (Lipinski definition) is 1. The smallest absolute Gasteiger partial charge is 0.306 e. The summed E-state index contributed by atoms with van der Waals surface area (Å²) in [5, 5.41) is 7.98. The van der Waals surface area contributed by atoms with Crippen molar-refractivity contribution in [2.45, 2.75) is 18.5 Å². The lowest BCUT2D eigenvalue weighted by Crippen LogP contribution is -2.38. The molecule has 0 aromatic heterocycles. The molecule has 0 bridgehead atoms. The molecule has 4 rings (SSSR count). The van der Waals surface area contributed by atoms with E-state index in [0.29, 0.717) is 22.6 Å². The molecule has 3 aromatic rings. The van der Waals surface area contributed by atoms with E-state index in [9.17, 15) is 26.4 Å². The van der Waals surface area contributed by atoms with Gasteiger partial charge in [-0.05, 0) is 48.9 Å². The average Bonchev–Trinajstić information content (AvgIpc) is 3.22. The fourth-order valence-corrected chi connectivity index (χ4v) is 4.99. The summed E-state index contributed by atoms with van der Waals surface area (Å²) >= 11 is 5.99. The van der Waals surface area contributed by atoms with Gasteiger partial charge in [0.25, 0.3) is 0 Å². The van der Waals surface area contributed by atoms with Gasteiger partial charge in [-0.3, -0.25) is 4.31 Å². The number of anilines is 2. The molecule has 0 aliphatic carbocycles. The van der Waals surface area contributed by atoms with Gasteiger partial charge in [0.1, 0.15) is 0 Å². The summed E-state index contributed by atoms with van der Waals surface area (Å²) in [6.45, 7) is 1.97. The quantitative estimate of drug-likeness (QED) is 0.415. The molecule has 7 nitrogen and oxygen atoms in total. The third kappa shape index (κ3) is 5.48. The van der Waals surface area contributed by atoms with Crippen LogP contribution in [0.15, 0.2) is 77.9 Å². The molecular formula is C26H24ClF3N4O3S. The third-order valence-electron chi connectivity index (χ3n) is 6.38. The fraction of sp³-hybridized carbons (Fsp3) is 0.231. The van der Waals surface area contributed by atoms with Crippen molar-refractivity contribution < 1.29 is 26.4 Å². The molecule has 3 aromatic carbocycles. The van der Waals surface area contributed by atoms with Crippen LogP contribution in [0, 0.1) is 0 Å². The molecule has 0 spiro atoms. The second kappa shape index (κ2) is 9.95. The van der Waals surface area contributed by atoms with E-state index in [1.807, 2.05) is 37.3 Å². The van der Waals surface area contributed by atoms with Crippen molar-refractivity contribution in [3.8, 4) is 0 Å². The summed E-state index contributed by atoms with van der Waals surface area (Å²) in [5.74, 6) is 0. The summed E-state index contributed by atoms with van der Waals surface area (Å²) in [5.41, 5.74) is 0.591. The van der Waals surface area contributed by atoms with E-state index in [-0.39, 0.29) is 6.54 Å². The van der Waals surface area contributed by atoms with Gasteiger partial charge in [-0.1, -0.05) is 48.0 Å². The normalized spacial score (nSPS) is 17.8. The Labute approximate surface area is 223 Å². The van der Waals surface area contributed by atoms with Crippen molar-refractivity contribution in [1.82, 2.24) is 5.01 Å². The molecule has 2 amide bonds. The zero-order chi connectivity index (χ0) is 27.9. The molecule has 1 aliphatic heterocycles. The Balaban J connectivity index is 1.65. The lowest BCUT2D eigenvalue weighted by molar-refractivity contribution is -0.137. The number of rotatable bonds is 5.